The van der Waals surface area contributed by atoms with Gasteiger partial charge in [0, 0.05) is 0 Å². The molecule has 1 fully saturated rings. The first-order valence-electron chi connectivity index (χ1n) is 6.16. The normalized spacial score (nSPS) is 21.7. The van der Waals surface area contributed by atoms with Gasteiger partial charge in [0.2, 0.25) is 0 Å². The summed E-state index contributed by atoms with van der Waals surface area (Å²) in [5, 5.41) is 0. The summed E-state index contributed by atoms with van der Waals surface area (Å²) in [5.41, 5.74) is 0. The zero-order valence-corrected chi connectivity index (χ0v) is 9.23. The Morgan fingerprint density at radius 3 is 2.46 bits per heavy atom. The predicted octanol–water partition coefficient (Wildman–Crippen LogP) is 4.60. The van der Waals surface area contributed by atoms with Crippen molar-refractivity contribution in [1.82, 2.24) is 0 Å². The number of hydrogen-bond acceptors (Lipinski definition) is 0. The summed E-state index contributed by atoms with van der Waals surface area (Å²) in [6.45, 7) is 6.47. The molecule has 0 nitrogen and oxygen atoms in total. The summed E-state index contributed by atoms with van der Waals surface area (Å²) in [6.07, 6.45) is 12.9. The molecule has 1 rings (SSSR count). The Balaban J connectivity index is 2.03. The van der Waals surface area contributed by atoms with Crippen molar-refractivity contribution >= 4 is 0 Å². The maximum Gasteiger partial charge on any atom is -0.0414 e. The zero-order chi connectivity index (χ0) is 9.52. The molecule has 0 bridgehead atoms. The van der Waals surface area contributed by atoms with E-state index in [0.29, 0.717) is 0 Å². The Morgan fingerprint density at radius 2 is 1.85 bits per heavy atom. The Bertz CT molecular complexity index is 111. The standard InChI is InChI=1S/C13H25/c1-3-7-12(2)10-11-13-8-5-4-6-9-13/h12-13H,2-11H2,1H3. The van der Waals surface area contributed by atoms with Crippen LogP contribution in [-0.2, 0) is 0 Å². The third-order valence-corrected chi connectivity index (χ3v) is 3.40. The fourth-order valence-electron chi connectivity index (χ4n) is 2.50. The molecule has 0 amide bonds. The van der Waals surface area contributed by atoms with Gasteiger partial charge in [-0.1, -0.05) is 71.6 Å². The number of rotatable bonds is 5. The minimum absolute atomic E-state index is 0.729. The molecule has 0 spiro atoms. The van der Waals surface area contributed by atoms with E-state index in [4.69, 9.17) is 0 Å². The van der Waals surface area contributed by atoms with Crippen molar-refractivity contribution in [3.05, 3.63) is 6.92 Å². The molecule has 0 saturated heterocycles. The van der Waals surface area contributed by atoms with Crippen LogP contribution in [0, 0.1) is 18.8 Å². The highest BCUT2D eigenvalue weighted by Crippen LogP contribution is 2.29. The highest BCUT2D eigenvalue weighted by molar-refractivity contribution is 4.69. The molecule has 13 heavy (non-hydrogen) atoms. The lowest BCUT2D eigenvalue weighted by atomic mass is 9.84. The molecule has 1 radical (unpaired) electrons. The summed E-state index contributed by atoms with van der Waals surface area (Å²) in [7, 11) is 0. The van der Waals surface area contributed by atoms with Crippen LogP contribution >= 0.6 is 0 Å². The van der Waals surface area contributed by atoms with Gasteiger partial charge in [0.25, 0.3) is 0 Å². The molecule has 0 heterocycles. The molecule has 1 atom stereocenters. The van der Waals surface area contributed by atoms with Crippen LogP contribution in [0.4, 0.5) is 0 Å². The van der Waals surface area contributed by atoms with Crippen molar-refractivity contribution < 1.29 is 0 Å². The van der Waals surface area contributed by atoms with E-state index < -0.39 is 0 Å². The fraction of sp³-hybridized carbons (Fsp3) is 0.923. The first-order chi connectivity index (χ1) is 6.33. The maximum atomic E-state index is 4.21. The topological polar surface area (TPSA) is 0 Å². The fourth-order valence-corrected chi connectivity index (χ4v) is 2.50. The highest BCUT2D eigenvalue weighted by Gasteiger charge is 2.13. The van der Waals surface area contributed by atoms with E-state index in [2.05, 4.69) is 13.8 Å². The quantitative estimate of drug-likeness (QED) is 0.581. The summed E-state index contributed by atoms with van der Waals surface area (Å²) < 4.78 is 0. The molecule has 0 N–H and O–H groups in total. The van der Waals surface area contributed by atoms with E-state index in [0.717, 1.165) is 11.8 Å². The van der Waals surface area contributed by atoms with Gasteiger partial charge in [0.05, 0.1) is 0 Å². The van der Waals surface area contributed by atoms with Crippen molar-refractivity contribution in [2.45, 2.75) is 64.7 Å². The Labute approximate surface area is 84.1 Å². The van der Waals surface area contributed by atoms with E-state index in [9.17, 15) is 0 Å². The largest absolute Gasteiger partial charge is 0.0654 e. The molecule has 0 aromatic carbocycles. The third-order valence-electron chi connectivity index (χ3n) is 3.40. The molecule has 0 heteroatoms. The molecule has 1 unspecified atom stereocenters. The second-order valence-corrected chi connectivity index (χ2v) is 4.74. The molecule has 0 aliphatic heterocycles. The van der Waals surface area contributed by atoms with Crippen LogP contribution < -0.4 is 0 Å². The SMILES string of the molecule is [CH2]C(CCC)CCC1CCCCC1. The number of hydrogen-bond donors (Lipinski definition) is 0. The first kappa shape index (κ1) is 11.1. The van der Waals surface area contributed by atoms with Crippen molar-refractivity contribution in [1.29, 1.82) is 0 Å². The van der Waals surface area contributed by atoms with E-state index >= 15 is 0 Å². The maximum absolute atomic E-state index is 4.21. The lowest BCUT2D eigenvalue weighted by Crippen LogP contribution is -2.08. The monoisotopic (exact) mass is 181 g/mol. The highest BCUT2D eigenvalue weighted by atomic mass is 14.2. The second-order valence-electron chi connectivity index (χ2n) is 4.74. The molecule has 77 valence electrons. The molecule has 1 aliphatic rings. The van der Waals surface area contributed by atoms with Crippen LogP contribution in [-0.4, -0.2) is 0 Å². The molecular weight excluding hydrogens is 156 g/mol. The summed E-state index contributed by atoms with van der Waals surface area (Å²) in [6, 6.07) is 0. The molecule has 1 aliphatic carbocycles. The van der Waals surface area contributed by atoms with Gasteiger partial charge in [0.1, 0.15) is 0 Å². The molecule has 0 aromatic rings. The van der Waals surface area contributed by atoms with Crippen LogP contribution in [0.2, 0.25) is 0 Å². The van der Waals surface area contributed by atoms with Crippen molar-refractivity contribution in [2.75, 3.05) is 0 Å². The summed E-state index contributed by atoms with van der Waals surface area (Å²) >= 11 is 0. The van der Waals surface area contributed by atoms with Gasteiger partial charge in [-0.2, -0.15) is 0 Å². The van der Waals surface area contributed by atoms with Gasteiger partial charge in [0.15, 0.2) is 0 Å². The van der Waals surface area contributed by atoms with Gasteiger partial charge in [-0.05, 0) is 11.8 Å². The Morgan fingerprint density at radius 1 is 1.15 bits per heavy atom. The Hall–Kier alpha value is 0. The lowest BCUT2D eigenvalue weighted by molar-refractivity contribution is 0.315. The van der Waals surface area contributed by atoms with Crippen molar-refractivity contribution in [2.24, 2.45) is 11.8 Å². The Kier molecular flexibility index (Phi) is 5.50. The van der Waals surface area contributed by atoms with Crippen LogP contribution in [0.3, 0.4) is 0 Å². The van der Waals surface area contributed by atoms with Crippen LogP contribution in [0.15, 0.2) is 0 Å². The second kappa shape index (κ2) is 6.45. The summed E-state index contributed by atoms with van der Waals surface area (Å²) in [5.74, 6) is 1.78. The van der Waals surface area contributed by atoms with Crippen LogP contribution in [0.1, 0.15) is 64.7 Å². The minimum atomic E-state index is 0.729. The smallest absolute Gasteiger partial charge is 0.0414 e. The van der Waals surface area contributed by atoms with Gasteiger partial charge in [-0.15, -0.1) is 0 Å². The summed E-state index contributed by atoms with van der Waals surface area (Å²) in [4.78, 5) is 0. The minimum Gasteiger partial charge on any atom is -0.0654 e. The van der Waals surface area contributed by atoms with Crippen LogP contribution in [0.5, 0.6) is 0 Å². The van der Waals surface area contributed by atoms with Gasteiger partial charge >= 0.3 is 0 Å². The average Bonchev–Trinajstić information content (AvgIpc) is 2.17. The van der Waals surface area contributed by atoms with E-state index in [1.807, 2.05) is 0 Å². The first-order valence-corrected chi connectivity index (χ1v) is 6.16. The lowest BCUT2D eigenvalue weighted by Gasteiger charge is -2.22. The van der Waals surface area contributed by atoms with Gasteiger partial charge in [-0.3, -0.25) is 0 Å². The molecule has 0 aromatic heterocycles. The zero-order valence-electron chi connectivity index (χ0n) is 9.23. The molecular formula is C13H25. The predicted molar refractivity (Wildman–Crippen MR) is 59.6 cm³/mol. The van der Waals surface area contributed by atoms with Gasteiger partial charge < -0.3 is 0 Å². The van der Waals surface area contributed by atoms with Gasteiger partial charge in [-0.25, -0.2) is 0 Å². The van der Waals surface area contributed by atoms with Crippen molar-refractivity contribution in [3.63, 3.8) is 0 Å². The van der Waals surface area contributed by atoms with E-state index in [1.54, 1.807) is 0 Å². The average molecular weight is 181 g/mol. The third kappa shape index (κ3) is 4.69. The van der Waals surface area contributed by atoms with Crippen LogP contribution in [0.25, 0.3) is 0 Å². The van der Waals surface area contributed by atoms with E-state index in [-0.39, 0.29) is 0 Å². The molecule has 1 saturated carbocycles. The van der Waals surface area contributed by atoms with Crippen molar-refractivity contribution in [3.8, 4) is 0 Å². The van der Waals surface area contributed by atoms with E-state index in [1.165, 1.54) is 57.8 Å².